The van der Waals surface area contributed by atoms with Crippen molar-refractivity contribution in [1.82, 2.24) is 0 Å². The maximum Gasteiger partial charge on any atom is 0.523 e. The van der Waals surface area contributed by atoms with Gasteiger partial charge in [-0.05, 0) is 64.7 Å². The normalized spacial score (nSPS) is 13.8. The number of benzene rings is 1. The van der Waals surface area contributed by atoms with Crippen LogP contribution in [0, 0.1) is 0 Å². The lowest BCUT2D eigenvalue weighted by molar-refractivity contribution is -0.152. The monoisotopic (exact) mass is 426 g/mol. The molecule has 0 fully saturated rings. The predicted octanol–water partition coefficient (Wildman–Crippen LogP) is 3.98. The van der Waals surface area contributed by atoms with Crippen molar-refractivity contribution in [2.75, 3.05) is 6.61 Å². The molecular formula is C18H25F3O6S. The van der Waals surface area contributed by atoms with Crippen molar-refractivity contribution in [3.8, 4) is 5.75 Å². The number of carbonyl (C=O) groups is 1. The van der Waals surface area contributed by atoms with Crippen molar-refractivity contribution in [2.45, 2.75) is 64.2 Å². The molecule has 0 saturated heterocycles. The molecule has 1 rings (SSSR count). The van der Waals surface area contributed by atoms with Gasteiger partial charge in [0.1, 0.15) is 11.4 Å². The topological polar surface area (TPSA) is 78.9 Å². The molecule has 6 nitrogen and oxygen atoms in total. The van der Waals surface area contributed by atoms with Crippen molar-refractivity contribution in [3.05, 3.63) is 29.8 Å². The average molecular weight is 426 g/mol. The number of hydrogen-bond donors (Lipinski definition) is 0. The van der Waals surface area contributed by atoms with Gasteiger partial charge in [-0.2, -0.15) is 21.6 Å². The Morgan fingerprint density at radius 2 is 1.68 bits per heavy atom. The summed E-state index contributed by atoms with van der Waals surface area (Å²) in [4.78, 5) is 11.8. The zero-order valence-electron chi connectivity index (χ0n) is 16.2. The summed E-state index contributed by atoms with van der Waals surface area (Å²) >= 11 is 0. The molecule has 10 heteroatoms. The molecule has 0 amide bonds. The number of halogens is 3. The smallest absolute Gasteiger partial charge is 0.488 e. The summed E-state index contributed by atoms with van der Waals surface area (Å²) in [5, 5.41) is 0. The molecule has 1 atom stereocenters. The second-order valence-electron chi connectivity index (χ2n) is 6.99. The van der Waals surface area contributed by atoms with Crippen molar-refractivity contribution in [2.24, 2.45) is 0 Å². The second kappa shape index (κ2) is 9.60. The number of rotatable bonds is 9. The van der Waals surface area contributed by atoms with Crippen LogP contribution in [0.1, 0.15) is 46.1 Å². The van der Waals surface area contributed by atoms with E-state index in [1.54, 1.807) is 24.3 Å². The Balaban J connectivity index is 2.71. The first-order valence-electron chi connectivity index (χ1n) is 8.69. The highest BCUT2D eigenvalue weighted by Crippen LogP contribution is 2.27. The zero-order chi connectivity index (χ0) is 21.6. The highest BCUT2D eigenvalue weighted by molar-refractivity contribution is 7.87. The fourth-order valence-corrected chi connectivity index (χ4v) is 2.81. The third-order valence-corrected chi connectivity index (χ3v) is 4.41. The summed E-state index contributed by atoms with van der Waals surface area (Å²) in [5.74, 6) is -0.482. The number of aryl methyl sites for hydroxylation is 1. The van der Waals surface area contributed by atoms with Crippen LogP contribution in [0.4, 0.5) is 13.2 Å². The fourth-order valence-electron chi connectivity index (χ4n) is 2.22. The predicted molar refractivity (Wildman–Crippen MR) is 96.2 cm³/mol. The Hall–Kier alpha value is -1.81. The van der Waals surface area contributed by atoms with E-state index in [1.165, 1.54) is 6.92 Å². The highest BCUT2D eigenvalue weighted by Gasteiger charge is 2.49. The van der Waals surface area contributed by atoms with E-state index in [-0.39, 0.29) is 25.0 Å². The third-order valence-electron chi connectivity index (χ3n) is 3.35. The molecule has 0 heterocycles. The van der Waals surface area contributed by atoms with E-state index < -0.39 is 27.7 Å². The largest absolute Gasteiger partial charge is 0.523 e. The number of esters is 1. The summed E-state index contributed by atoms with van der Waals surface area (Å²) in [6.07, 6.45) is -1.47. The minimum atomic E-state index is -5.90. The lowest BCUT2D eigenvalue weighted by atomic mass is 10.1. The van der Waals surface area contributed by atoms with Crippen LogP contribution in [-0.4, -0.2) is 38.2 Å². The first-order chi connectivity index (χ1) is 12.7. The van der Waals surface area contributed by atoms with E-state index in [4.69, 9.17) is 4.74 Å². The lowest BCUT2D eigenvalue weighted by Crippen LogP contribution is -2.35. The summed E-state index contributed by atoms with van der Waals surface area (Å²) in [6.45, 7) is 7.07. The second-order valence-corrected chi connectivity index (χ2v) is 8.55. The van der Waals surface area contributed by atoms with Crippen LogP contribution in [0.5, 0.6) is 5.75 Å². The van der Waals surface area contributed by atoms with Crippen LogP contribution in [0.25, 0.3) is 0 Å². The van der Waals surface area contributed by atoms with E-state index in [0.717, 1.165) is 5.56 Å². The molecule has 0 N–H and O–H groups in total. The standard InChI is InChI=1S/C18H25F3O6S/c1-5-25-16(22)15(27-28(23,24)18(19,20)21)8-6-7-13-9-11-14(12-10-13)26-17(2,3)4/h9-12,15H,5-8H2,1-4H3. The maximum absolute atomic E-state index is 12.5. The summed E-state index contributed by atoms with van der Waals surface area (Å²) in [5.41, 5.74) is -5.11. The van der Waals surface area contributed by atoms with E-state index in [0.29, 0.717) is 12.2 Å². The van der Waals surface area contributed by atoms with E-state index in [2.05, 4.69) is 8.92 Å². The van der Waals surface area contributed by atoms with Crippen molar-refractivity contribution in [1.29, 1.82) is 0 Å². The molecule has 0 radical (unpaired) electrons. The minimum absolute atomic E-state index is 0.111. The number of carbonyl (C=O) groups excluding carboxylic acids is 1. The van der Waals surface area contributed by atoms with Crippen molar-refractivity contribution in [3.63, 3.8) is 0 Å². The summed E-state index contributed by atoms with van der Waals surface area (Å²) in [7, 11) is -5.90. The quantitative estimate of drug-likeness (QED) is 0.338. The molecule has 0 bridgehead atoms. The molecule has 0 aromatic heterocycles. The van der Waals surface area contributed by atoms with E-state index in [1.807, 2.05) is 20.8 Å². The maximum atomic E-state index is 12.5. The molecule has 0 saturated carbocycles. The van der Waals surface area contributed by atoms with Gasteiger partial charge in [0.05, 0.1) is 6.61 Å². The van der Waals surface area contributed by atoms with Crippen LogP contribution in [-0.2, 0) is 30.3 Å². The van der Waals surface area contributed by atoms with Gasteiger partial charge in [0.15, 0.2) is 6.10 Å². The van der Waals surface area contributed by atoms with Gasteiger partial charge in [-0.3, -0.25) is 0 Å². The molecule has 28 heavy (non-hydrogen) atoms. The van der Waals surface area contributed by atoms with Crippen molar-refractivity contribution >= 4 is 16.1 Å². The molecule has 0 spiro atoms. The summed E-state index contributed by atoms with van der Waals surface area (Å²) < 4.78 is 74.3. The van der Waals surface area contributed by atoms with Crippen LogP contribution < -0.4 is 4.74 Å². The Labute approximate surface area is 163 Å². The van der Waals surface area contributed by atoms with Gasteiger partial charge in [-0.1, -0.05) is 12.1 Å². The van der Waals surface area contributed by atoms with E-state index in [9.17, 15) is 26.4 Å². The molecule has 1 unspecified atom stereocenters. The molecular weight excluding hydrogens is 401 g/mol. The van der Waals surface area contributed by atoms with Gasteiger partial charge in [-0.25, -0.2) is 8.98 Å². The van der Waals surface area contributed by atoms with Gasteiger partial charge in [0.2, 0.25) is 0 Å². The SMILES string of the molecule is CCOC(=O)C(CCCc1ccc(OC(C)(C)C)cc1)OS(=O)(=O)C(F)(F)F. The first-order valence-corrected chi connectivity index (χ1v) is 10.1. The first kappa shape index (κ1) is 24.2. The van der Waals surface area contributed by atoms with Crippen molar-refractivity contribution < 1.29 is 40.0 Å². The lowest BCUT2D eigenvalue weighted by Gasteiger charge is -2.21. The molecule has 0 aliphatic carbocycles. The minimum Gasteiger partial charge on any atom is -0.488 e. The Kier molecular flexibility index (Phi) is 8.30. The third kappa shape index (κ3) is 8.05. The summed E-state index contributed by atoms with van der Waals surface area (Å²) in [6, 6.07) is 7.09. The Morgan fingerprint density at radius 1 is 1.11 bits per heavy atom. The Morgan fingerprint density at radius 3 is 2.14 bits per heavy atom. The number of ether oxygens (including phenoxy) is 2. The van der Waals surface area contributed by atoms with Gasteiger partial charge < -0.3 is 9.47 Å². The molecule has 0 aliphatic heterocycles. The van der Waals surface area contributed by atoms with Gasteiger partial charge in [0.25, 0.3) is 0 Å². The number of alkyl halides is 3. The number of hydrogen-bond acceptors (Lipinski definition) is 6. The van der Waals surface area contributed by atoms with Gasteiger partial charge in [-0.15, -0.1) is 0 Å². The highest BCUT2D eigenvalue weighted by atomic mass is 32.2. The molecule has 0 aliphatic rings. The van der Waals surface area contributed by atoms with Crippen LogP contribution in [0.2, 0.25) is 0 Å². The van der Waals surface area contributed by atoms with Gasteiger partial charge >= 0.3 is 21.6 Å². The Bertz CT molecular complexity index is 736. The fraction of sp³-hybridized carbons (Fsp3) is 0.611. The van der Waals surface area contributed by atoms with Crippen LogP contribution >= 0.6 is 0 Å². The molecule has 160 valence electrons. The van der Waals surface area contributed by atoms with Crippen LogP contribution in [0.15, 0.2) is 24.3 Å². The average Bonchev–Trinajstić information content (AvgIpc) is 2.53. The van der Waals surface area contributed by atoms with Crippen LogP contribution in [0.3, 0.4) is 0 Å². The molecule has 1 aromatic rings. The van der Waals surface area contributed by atoms with E-state index >= 15 is 0 Å². The zero-order valence-corrected chi connectivity index (χ0v) is 17.0. The molecule has 1 aromatic carbocycles. The van der Waals surface area contributed by atoms with Gasteiger partial charge in [0, 0.05) is 0 Å².